The minimum atomic E-state index is 0.252. The van der Waals surface area contributed by atoms with Gasteiger partial charge in [0.25, 0.3) is 0 Å². The summed E-state index contributed by atoms with van der Waals surface area (Å²) in [6.07, 6.45) is 2.05. The third kappa shape index (κ3) is 1.79. The van der Waals surface area contributed by atoms with Gasteiger partial charge in [-0.25, -0.2) is 0 Å². The SMILES string of the molecule is COc1c(CCN)ccc2c1OC(C)C2. The van der Waals surface area contributed by atoms with Crippen LogP contribution in [0.1, 0.15) is 18.1 Å². The standard InChI is InChI=1S/C12H17NO2/c1-8-7-10-4-3-9(5-6-13)11(14-2)12(10)15-8/h3-4,8H,5-7,13H2,1-2H3. The molecule has 0 spiro atoms. The van der Waals surface area contributed by atoms with Crippen LogP contribution >= 0.6 is 0 Å². The maximum Gasteiger partial charge on any atom is 0.165 e. The Hall–Kier alpha value is -1.22. The molecule has 0 amide bonds. The highest BCUT2D eigenvalue weighted by atomic mass is 16.5. The summed E-state index contributed by atoms with van der Waals surface area (Å²) in [6.45, 7) is 2.70. The summed E-state index contributed by atoms with van der Waals surface area (Å²) in [5, 5.41) is 0. The maximum absolute atomic E-state index is 5.75. The third-order valence-electron chi connectivity index (χ3n) is 2.72. The molecule has 0 saturated heterocycles. The molecule has 1 aromatic rings. The van der Waals surface area contributed by atoms with Crippen molar-refractivity contribution in [2.75, 3.05) is 13.7 Å². The number of hydrogen-bond acceptors (Lipinski definition) is 3. The quantitative estimate of drug-likeness (QED) is 0.817. The Balaban J connectivity index is 2.41. The molecule has 0 saturated carbocycles. The smallest absolute Gasteiger partial charge is 0.165 e. The van der Waals surface area contributed by atoms with E-state index in [9.17, 15) is 0 Å². The van der Waals surface area contributed by atoms with Gasteiger partial charge in [0, 0.05) is 12.0 Å². The van der Waals surface area contributed by atoms with E-state index in [0.717, 1.165) is 29.9 Å². The van der Waals surface area contributed by atoms with E-state index >= 15 is 0 Å². The van der Waals surface area contributed by atoms with Crippen molar-refractivity contribution in [1.29, 1.82) is 0 Å². The van der Waals surface area contributed by atoms with Crippen molar-refractivity contribution >= 4 is 0 Å². The first kappa shape index (κ1) is 10.3. The zero-order valence-electron chi connectivity index (χ0n) is 9.25. The highest BCUT2D eigenvalue weighted by Crippen LogP contribution is 2.40. The molecule has 1 aliphatic heterocycles. The second kappa shape index (κ2) is 4.11. The first-order valence-electron chi connectivity index (χ1n) is 5.31. The summed E-state index contributed by atoms with van der Waals surface area (Å²) in [5.74, 6) is 1.78. The van der Waals surface area contributed by atoms with Crippen LogP contribution in [0.4, 0.5) is 0 Å². The molecule has 1 atom stereocenters. The molecule has 3 heteroatoms. The fourth-order valence-electron chi connectivity index (χ4n) is 2.06. The van der Waals surface area contributed by atoms with E-state index in [-0.39, 0.29) is 6.10 Å². The number of benzene rings is 1. The lowest BCUT2D eigenvalue weighted by molar-refractivity contribution is 0.243. The highest BCUT2D eigenvalue weighted by molar-refractivity contribution is 5.54. The molecule has 3 nitrogen and oxygen atoms in total. The number of hydrogen-bond donors (Lipinski definition) is 1. The lowest BCUT2D eigenvalue weighted by atomic mass is 10.0. The molecule has 0 bridgehead atoms. The summed E-state index contributed by atoms with van der Waals surface area (Å²) in [6, 6.07) is 4.21. The van der Waals surface area contributed by atoms with Gasteiger partial charge < -0.3 is 15.2 Å². The van der Waals surface area contributed by atoms with Crippen molar-refractivity contribution in [3.05, 3.63) is 23.3 Å². The molecule has 15 heavy (non-hydrogen) atoms. The molecular formula is C12H17NO2. The summed E-state index contributed by atoms with van der Waals surface area (Å²) >= 11 is 0. The molecule has 1 heterocycles. The number of nitrogens with two attached hydrogens (primary N) is 1. The Kier molecular flexibility index (Phi) is 2.82. The van der Waals surface area contributed by atoms with Crippen LogP contribution in [0.25, 0.3) is 0 Å². The van der Waals surface area contributed by atoms with Crippen LogP contribution in [0.15, 0.2) is 12.1 Å². The maximum atomic E-state index is 5.75. The minimum absolute atomic E-state index is 0.252. The van der Waals surface area contributed by atoms with Crippen molar-refractivity contribution < 1.29 is 9.47 Å². The number of fused-ring (bicyclic) bond motifs is 1. The number of methoxy groups -OCH3 is 1. The molecule has 2 N–H and O–H groups in total. The van der Waals surface area contributed by atoms with E-state index in [0.29, 0.717) is 6.54 Å². The fourth-order valence-corrected chi connectivity index (χ4v) is 2.06. The molecule has 0 aromatic heterocycles. The second-order valence-electron chi connectivity index (χ2n) is 3.92. The van der Waals surface area contributed by atoms with E-state index in [1.54, 1.807) is 7.11 Å². The normalized spacial score (nSPS) is 18.5. The predicted molar refractivity (Wildman–Crippen MR) is 59.5 cm³/mol. The van der Waals surface area contributed by atoms with Crippen molar-refractivity contribution in [3.8, 4) is 11.5 Å². The van der Waals surface area contributed by atoms with Crippen molar-refractivity contribution in [3.63, 3.8) is 0 Å². The molecule has 0 radical (unpaired) electrons. The second-order valence-corrected chi connectivity index (χ2v) is 3.92. The highest BCUT2D eigenvalue weighted by Gasteiger charge is 2.24. The van der Waals surface area contributed by atoms with Crippen LogP contribution in [-0.4, -0.2) is 19.8 Å². The van der Waals surface area contributed by atoms with E-state index in [1.165, 1.54) is 5.56 Å². The minimum Gasteiger partial charge on any atom is -0.493 e. The first-order chi connectivity index (χ1) is 7.26. The Morgan fingerprint density at radius 3 is 3.00 bits per heavy atom. The Morgan fingerprint density at radius 2 is 2.33 bits per heavy atom. The molecule has 1 unspecified atom stereocenters. The van der Waals surface area contributed by atoms with Gasteiger partial charge in [-0.2, -0.15) is 0 Å². The van der Waals surface area contributed by atoms with Gasteiger partial charge in [-0.05, 0) is 25.5 Å². The van der Waals surface area contributed by atoms with Crippen molar-refractivity contribution in [1.82, 2.24) is 0 Å². The Morgan fingerprint density at radius 1 is 1.53 bits per heavy atom. The van der Waals surface area contributed by atoms with E-state index in [4.69, 9.17) is 15.2 Å². The van der Waals surface area contributed by atoms with Gasteiger partial charge in [0.1, 0.15) is 6.10 Å². The van der Waals surface area contributed by atoms with Gasteiger partial charge in [0.15, 0.2) is 11.5 Å². The average Bonchev–Trinajstić information content (AvgIpc) is 2.58. The summed E-state index contributed by atoms with van der Waals surface area (Å²) in [4.78, 5) is 0. The number of rotatable bonds is 3. The Labute approximate surface area is 90.2 Å². The molecule has 0 aliphatic carbocycles. The zero-order valence-corrected chi connectivity index (χ0v) is 9.25. The molecule has 2 rings (SSSR count). The molecular weight excluding hydrogens is 190 g/mol. The van der Waals surface area contributed by atoms with E-state index < -0.39 is 0 Å². The van der Waals surface area contributed by atoms with Crippen LogP contribution in [-0.2, 0) is 12.8 Å². The molecule has 82 valence electrons. The van der Waals surface area contributed by atoms with Crippen LogP contribution < -0.4 is 15.2 Å². The number of ether oxygens (including phenoxy) is 2. The van der Waals surface area contributed by atoms with Gasteiger partial charge >= 0.3 is 0 Å². The van der Waals surface area contributed by atoms with E-state index in [2.05, 4.69) is 19.1 Å². The van der Waals surface area contributed by atoms with Gasteiger partial charge in [-0.1, -0.05) is 12.1 Å². The van der Waals surface area contributed by atoms with Crippen LogP contribution in [0, 0.1) is 0 Å². The molecule has 1 aromatic carbocycles. The van der Waals surface area contributed by atoms with Gasteiger partial charge in [-0.3, -0.25) is 0 Å². The molecule has 1 aliphatic rings. The molecule has 0 fully saturated rings. The van der Waals surface area contributed by atoms with E-state index in [1.807, 2.05) is 0 Å². The van der Waals surface area contributed by atoms with Crippen LogP contribution in [0.2, 0.25) is 0 Å². The first-order valence-corrected chi connectivity index (χ1v) is 5.31. The van der Waals surface area contributed by atoms with Crippen LogP contribution in [0.3, 0.4) is 0 Å². The van der Waals surface area contributed by atoms with Gasteiger partial charge in [0.2, 0.25) is 0 Å². The lowest BCUT2D eigenvalue weighted by Crippen LogP contribution is -2.07. The fraction of sp³-hybridized carbons (Fsp3) is 0.500. The third-order valence-corrected chi connectivity index (χ3v) is 2.72. The van der Waals surface area contributed by atoms with Crippen LogP contribution in [0.5, 0.6) is 11.5 Å². The summed E-state index contributed by atoms with van der Waals surface area (Å²) in [7, 11) is 1.68. The van der Waals surface area contributed by atoms with Crippen molar-refractivity contribution in [2.24, 2.45) is 5.73 Å². The lowest BCUT2D eigenvalue weighted by Gasteiger charge is -2.12. The largest absolute Gasteiger partial charge is 0.493 e. The zero-order chi connectivity index (χ0) is 10.8. The van der Waals surface area contributed by atoms with Gasteiger partial charge in [-0.15, -0.1) is 0 Å². The summed E-state index contributed by atoms with van der Waals surface area (Å²) < 4.78 is 11.2. The predicted octanol–water partition coefficient (Wildman–Crippen LogP) is 1.52. The topological polar surface area (TPSA) is 44.5 Å². The van der Waals surface area contributed by atoms with Gasteiger partial charge in [0.05, 0.1) is 7.11 Å². The van der Waals surface area contributed by atoms with Crippen molar-refractivity contribution in [2.45, 2.75) is 25.9 Å². The monoisotopic (exact) mass is 207 g/mol. The summed E-state index contributed by atoms with van der Waals surface area (Å²) in [5.41, 5.74) is 7.93. The Bertz CT molecular complexity index is 363. The average molecular weight is 207 g/mol.